The van der Waals surface area contributed by atoms with Gasteiger partial charge < -0.3 is 10.6 Å². The molecule has 0 heterocycles. The van der Waals surface area contributed by atoms with Gasteiger partial charge in [0, 0.05) is 16.4 Å². The number of carbonyl (C=O) groups excluding carboxylic acids is 1. The van der Waals surface area contributed by atoms with Crippen LogP contribution in [0.25, 0.3) is 0 Å². The third kappa shape index (κ3) is 3.99. The topological polar surface area (TPSA) is 41.1 Å². The molecule has 1 amide bonds. The Morgan fingerprint density at radius 1 is 1.10 bits per heavy atom. The number of hydrogen-bond acceptors (Lipinski definition) is 2. The molecule has 2 aromatic carbocycles. The third-order valence-corrected chi connectivity index (χ3v) is 3.76. The first-order valence-electron chi connectivity index (χ1n) is 6.86. The molecule has 1 unspecified atom stereocenters. The number of aryl methyl sites for hydroxylation is 1. The number of nitrogens with one attached hydrogen (secondary N) is 2. The predicted octanol–water partition coefficient (Wildman–Crippen LogP) is 4.40. The fraction of sp³-hybridized carbons (Fsp3) is 0.235. The molecule has 2 aromatic rings. The van der Waals surface area contributed by atoms with Gasteiger partial charge >= 0.3 is 0 Å². The summed E-state index contributed by atoms with van der Waals surface area (Å²) in [4.78, 5) is 12.2. The SMILES string of the molecule is Cc1ccc(NC(C)C(=O)Nc2cccc(Cl)c2C)cc1. The van der Waals surface area contributed by atoms with E-state index < -0.39 is 0 Å². The van der Waals surface area contributed by atoms with Gasteiger partial charge in [0.05, 0.1) is 0 Å². The highest BCUT2D eigenvalue weighted by Gasteiger charge is 2.14. The highest BCUT2D eigenvalue weighted by atomic mass is 35.5. The number of rotatable bonds is 4. The number of benzene rings is 2. The van der Waals surface area contributed by atoms with Crippen LogP contribution < -0.4 is 10.6 Å². The average Bonchev–Trinajstić information content (AvgIpc) is 2.46. The van der Waals surface area contributed by atoms with Gasteiger partial charge in [0.1, 0.15) is 6.04 Å². The first-order valence-corrected chi connectivity index (χ1v) is 7.24. The number of carbonyl (C=O) groups is 1. The molecule has 0 fully saturated rings. The van der Waals surface area contributed by atoms with E-state index in [0.717, 1.165) is 16.9 Å². The van der Waals surface area contributed by atoms with E-state index in [9.17, 15) is 4.79 Å². The van der Waals surface area contributed by atoms with E-state index in [-0.39, 0.29) is 11.9 Å². The van der Waals surface area contributed by atoms with Crippen LogP contribution >= 0.6 is 11.6 Å². The number of hydrogen-bond donors (Lipinski definition) is 2. The van der Waals surface area contributed by atoms with Gasteiger partial charge in [0.15, 0.2) is 0 Å². The van der Waals surface area contributed by atoms with Crippen LogP contribution in [0.2, 0.25) is 5.02 Å². The van der Waals surface area contributed by atoms with Crippen molar-refractivity contribution in [2.24, 2.45) is 0 Å². The fourth-order valence-electron chi connectivity index (χ4n) is 1.95. The molecule has 2 rings (SSSR count). The van der Waals surface area contributed by atoms with Crippen LogP contribution in [0.3, 0.4) is 0 Å². The van der Waals surface area contributed by atoms with Crippen molar-refractivity contribution in [3.05, 3.63) is 58.6 Å². The molecule has 0 spiro atoms. The summed E-state index contributed by atoms with van der Waals surface area (Å²) >= 11 is 6.05. The van der Waals surface area contributed by atoms with Crippen molar-refractivity contribution in [2.45, 2.75) is 26.8 Å². The molecule has 2 N–H and O–H groups in total. The van der Waals surface area contributed by atoms with Gasteiger partial charge in [-0.25, -0.2) is 0 Å². The number of halogens is 1. The Morgan fingerprint density at radius 3 is 2.43 bits per heavy atom. The largest absolute Gasteiger partial charge is 0.374 e. The van der Waals surface area contributed by atoms with E-state index >= 15 is 0 Å². The highest BCUT2D eigenvalue weighted by molar-refractivity contribution is 6.31. The van der Waals surface area contributed by atoms with Crippen molar-refractivity contribution in [3.8, 4) is 0 Å². The molecule has 0 aliphatic carbocycles. The molecule has 0 aliphatic heterocycles. The van der Waals surface area contributed by atoms with E-state index in [1.54, 1.807) is 6.07 Å². The zero-order chi connectivity index (χ0) is 15.4. The normalized spacial score (nSPS) is 11.8. The molecule has 1 atom stereocenters. The maximum absolute atomic E-state index is 12.2. The monoisotopic (exact) mass is 302 g/mol. The van der Waals surface area contributed by atoms with Crippen LogP contribution in [0.4, 0.5) is 11.4 Å². The van der Waals surface area contributed by atoms with Crippen LogP contribution in [-0.2, 0) is 4.79 Å². The minimum atomic E-state index is -0.342. The van der Waals surface area contributed by atoms with Crippen molar-refractivity contribution >= 4 is 28.9 Å². The van der Waals surface area contributed by atoms with Crippen molar-refractivity contribution in [1.29, 1.82) is 0 Å². The summed E-state index contributed by atoms with van der Waals surface area (Å²) in [6, 6.07) is 13.1. The third-order valence-electron chi connectivity index (χ3n) is 3.35. The van der Waals surface area contributed by atoms with Crippen molar-refractivity contribution in [2.75, 3.05) is 10.6 Å². The Bertz CT molecular complexity index is 638. The van der Waals surface area contributed by atoms with Gasteiger partial charge in [-0.3, -0.25) is 4.79 Å². The van der Waals surface area contributed by atoms with E-state index in [4.69, 9.17) is 11.6 Å². The summed E-state index contributed by atoms with van der Waals surface area (Å²) in [5.41, 5.74) is 3.72. The quantitative estimate of drug-likeness (QED) is 0.879. The van der Waals surface area contributed by atoms with Gasteiger partial charge in [-0.15, -0.1) is 0 Å². The summed E-state index contributed by atoms with van der Waals surface area (Å²) in [6.45, 7) is 5.74. The zero-order valence-electron chi connectivity index (χ0n) is 12.4. The standard InChI is InChI=1S/C17H19ClN2O/c1-11-7-9-14(10-8-11)19-13(3)17(21)20-16-6-4-5-15(18)12(16)2/h4-10,13,19H,1-3H3,(H,20,21). The highest BCUT2D eigenvalue weighted by Crippen LogP contribution is 2.23. The lowest BCUT2D eigenvalue weighted by molar-refractivity contribution is -0.116. The molecule has 3 nitrogen and oxygen atoms in total. The second kappa shape index (κ2) is 6.64. The van der Waals surface area contributed by atoms with Crippen LogP contribution in [0.5, 0.6) is 0 Å². The summed E-state index contributed by atoms with van der Waals surface area (Å²) in [5, 5.41) is 6.72. The van der Waals surface area contributed by atoms with Crippen molar-refractivity contribution < 1.29 is 4.79 Å². The summed E-state index contributed by atoms with van der Waals surface area (Å²) in [5.74, 6) is -0.0964. The van der Waals surface area contributed by atoms with Crippen LogP contribution in [0.1, 0.15) is 18.1 Å². The van der Waals surface area contributed by atoms with Gasteiger partial charge in [-0.05, 0) is 50.6 Å². The fourth-order valence-corrected chi connectivity index (χ4v) is 2.12. The minimum Gasteiger partial charge on any atom is -0.374 e. The van der Waals surface area contributed by atoms with E-state index in [0.29, 0.717) is 5.02 Å². The molecule has 0 aliphatic rings. The Balaban J connectivity index is 2.02. The minimum absolute atomic E-state index is 0.0964. The Labute approximate surface area is 130 Å². The smallest absolute Gasteiger partial charge is 0.246 e. The molecule has 0 bridgehead atoms. The maximum Gasteiger partial charge on any atom is 0.246 e. The van der Waals surface area contributed by atoms with Crippen molar-refractivity contribution in [3.63, 3.8) is 0 Å². The van der Waals surface area contributed by atoms with Gasteiger partial charge in [0.2, 0.25) is 5.91 Å². The molecule has 4 heteroatoms. The molecule has 0 saturated carbocycles. The summed E-state index contributed by atoms with van der Waals surface area (Å²) in [6.07, 6.45) is 0. The summed E-state index contributed by atoms with van der Waals surface area (Å²) < 4.78 is 0. The number of amides is 1. The first-order chi connectivity index (χ1) is 9.97. The average molecular weight is 303 g/mol. The lowest BCUT2D eigenvalue weighted by Crippen LogP contribution is -2.32. The van der Waals surface area contributed by atoms with Gasteiger partial charge in [-0.1, -0.05) is 35.4 Å². The molecular formula is C17H19ClN2O. The molecule has 110 valence electrons. The Kier molecular flexibility index (Phi) is 4.86. The van der Waals surface area contributed by atoms with Gasteiger partial charge in [-0.2, -0.15) is 0 Å². The van der Waals surface area contributed by atoms with Crippen LogP contribution in [0.15, 0.2) is 42.5 Å². The molecule has 0 saturated heterocycles. The van der Waals surface area contributed by atoms with Crippen LogP contribution in [-0.4, -0.2) is 11.9 Å². The Morgan fingerprint density at radius 2 is 1.76 bits per heavy atom. The zero-order valence-corrected chi connectivity index (χ0v) is 13.2. The van der Waals surface area contributed by atoms with Crippen LogP contribution in [0, 0.1) is 13.8 Å². The first kappa shape index (κ1) is 15.4. The molecule has 0 radical (unpaired) electrons. The molecule has 0 aromatic heterocycles. The summed E-state index contributed by atoms with van der Waals surface area (Å²) in [7, 11) is 0. The number of anilines is 2. The lowest BCUT2D eigenvalue weighted by atomic mass is 10.2. The van der Waals surface area contributed by atoms with Gasteiger partial charge in [0.25, 0.3) is 0 Å². The maximum atomic E-state index is 12.2. The van der Waals surface area contributed by atoms with E-state index in [1.165, 1.54) is 5.56 Å². The lowest BCUT2D eigenvalue weighted by Gasteiger charge is -2.16. The van der Waals surface area contributed by atoms with Crippen molar-refractivity contribution in [1.82, 2.24) is 0 Å². The predicted molar refractivity (Wildman–Crippen MR) is 89.1 cm³/mol. The second-order valence-corrected chi connectivity index (χ2v) is 5.54. The van der Waals surface area contributed by atoms with E-state index in [1.807, 2.05) is 57.2 Å². The second-order valence-electron chi connectivity index (χ2n) is 5.13. The molecular weight excluding hydrogens is 284 g/mol. The Hall–Kier alpha value is -2.00. The molecule has 21 heavy (non-hydrogen) atoms. The van der Waals surface area contributed by atoms with E-state index in [2.05, 4.69) is 10.6 Å².